The highest BCUT2D eigenvalue weighted by Gasteiger charge is 1.92. The zero-order chi connectivity index (χ0) is 6.57. The number of thiocarbonyl (C=S) groups is 1. The van der Waals surface area contributed by atoms with Gasteiger partial charge in [0.25, 0.3) is 0 Å². The molecule has 0 aliphatic rings. The van der Waals surface area contributed by atoms with E-state index in [1.807, 2.05) is 0 Å². The molecule has 0 aromatic heterocycles. The van der Waals surface area contributed by atoms with E-state index >= 15 is 0 Å². The molecule has 0 rings (SSSR count). The van der Waals surface area contributed by atoms with Gasteiger partial charge in [0.05, 0.1) is 6.61 Å². The molecule has 0 saturated carbocycles. The fraction of sp³-hybridized carbons (Fsp3) is 0.800. The lowest BCUT2D eigenvalue weighted by Crippen LogP contribution is -2.02. The molecule has 0 atom stereocenters. The molecule has 0 heterocycles. The van der Waals surface area contributed by atoms with E-state index in [9.17, 15) is 0 Å². The van der Waals surface area contributed by atoms with Crippen LogP contribution in [0.3, 0.4) is 0 Å². The Balaban J connectivity index is 3.05. The molecule has 0 amide bonds. The van der Waals surface area contributed by atoms with Gasteiger partial charge in [-0.1, -0.05) is 26.5 Å². The van der Waals surface area contributed by atoms with Crippen LogP contribution in [-0.4, -0.2) is 11.0 Å². The van der Waals surface area contributed by atoms with Crippen LogP contribution in [0.5, 0.6) is 0 Å². The largest absolute Gasteiger partial charge is 0.478 e. The topological polar surface area (TPSA) is 9.23 Å². The van der Waals surface area contributed by atoms with Gasteiger partial charge in [0.15, 0.2) is 0 Å². The second-order valence-electron chi connectivity index (χ2n) is 1.97. The Labute approximate surface area is 60.8 Å². The summed E-state index contributed by atoms with van der Waals surface area (Å²) in [6.45, 7) is 4.79. The molecule has 0 N–H and O–H groups in total. The summed E-state index contributed by atoms with van der Waals surface area (Å²) < 4.78 is 5.23. The summed E-state index contributed by atoms with van der Waals surface area (Å²) >= 11 is 8.34. The summed E-state index contributed by atoms with van der Waals surface area (Å²) in [6.07, 6.45) is 0. The maximum Gasteiger partial charge on any atom is 0.216 e. The highest BCUT2D eigenvalue weighted by Crippen LogP contribution is 1.95. The van der Waals surface area contributed by atoms with Crippen molar-refractivity contribution in [2.75, 3.05) is 6.61 Å². The lowest BCUT2D eigenvalue weighted by Gasteiger charge is -2.03. The second-order valence-corrected chi connectivity index (χ2v) is 3.05. The molecule has 0 bridgehead atoms. The van der Waals surface area contributed by atoms with Crippen molar-refractivity contribution in [2.24, 2.45) is 5.92 Å². The summed E-state index contributed by atoms with van der Waals surface area (Å²) in [4.78, 5) is 0. The highest BCUT2D eigenvalue weighted by molar-refractivity contribution is 8.10. The lowest BCUT2D eigenvalue weighted by molar-refractivity contribution is 0.273. The Bertz CT molecular complexity index is 80.5. The molecule has 0 unspecified atom stereocenters. The van der Waals surface area contributed by atoms with Gasteiger partial charge in [-0.2, -0.15) is 0 Å². The third-order valence-electron chi connectivity index (χ3n) is 0.540. The van der Waals surface area contributed by atoms with Gasteiger partial charge in [-0.3, -0.25) is 0 Å². The van der Waals surface area contributed by atoms with E-state index in [0.717, 1.165) is 0 Å². The van der Waals surface area contributed by atoms with E-state index in [1.54, 1.807) is 0 Å². The zero-order valence-corrected chi connectivity index (χ0v) is 6.76. The normalized spacial score (nSPS) is 9.50. The first kappa shape index (κ1) is 8.24. The number of hydrogen-bond donors (Lipinski definition) is 1. The quantitative estimate of drug-likeness (QED) is 0.475. The number of hydrogen-bond acceptors (Lipinski definition) is 2. The van der Waals surface area contributed by atoms with Crippen molar-refractivity contribution in [1.29, 1.82) is 0 Å². The van der Waals surface area contributed by atoms with Crippen LogP contribution in [0.4, 0.5) is 0 Å². The molecule has 0 spiro atoms. The molecule has 0 aliphatic carbocycles. The van der Waals surface area contributed by atoms with Gasteiger partial charge in [0.1, 0.15) is 0 Å². The standard InChI is InChI=1S/C5H10OS2/c1-4(2)3-6-5(7)8/h4H,3H2,1-2H3,(H,7,8). The Kier molecular flexibility index (Phi) is 4.28. The predicted molar refractivity (Wildman–Crippen MR) is 42.4 cm³/mol. The van der Waals surface area contributed by atoms with Crippen LogP contribution in [0.2, 0.25) is 0 Å². The first-order valence-corrected chi connectivity index (χ1v) is 3.34. The average molecular weight is 150 g/mol. The fourth-order valence-corrected chi connectivity index (χ4v) is 0.381. The SMILES string of the molecule is CC(C)COC(=S)S. The summed E-state index contributed by atoms with van der Waals surface area (Å²) in [6, 6.07) is 0. The Morgan fingerprint density at radius 3 is 2.38 bits per heavy atom. The van der Waals surface area contributed by atoms with Gasteiger partial charge in [-0.15, -0.1) is 0 Å². The minimum absolute atomic E-state index is 0.332. The van der Waals surface area contributed by atoms with Gasteiger partial charge in [-0.05, 0) is 18.1 Å². The van der Waals surface area contributed by atoms with E-state index in [4.69, 9.17) is 4.74 Å². The Morgan fingerprint density at radius 2 is 2.25 bits per heavy atom. The van der Waals surface area contributed by atoms with Crippen molar-refractivity contribution in [1.82, 2.24) is 0 Å². The van der Waals surface area contributed by atoms with Crippen LogP contribution in [0.25, 0.3) is 0 Å². The molecule has 48 valence electrons. The molecule has 8 heavy (non-hydrogen) atoms. The van der Waals surface area contributed by atoms with Gasteiger partial charge >= 0.3 is 0 Å². The second kappa shape index (κ2) is 4.15. The van der Waals surface area contributed by atoms with Crippen molar-refractivity contribution in [2.45, 2.75) is 13.8 Å². The first-order valence-electron chi connectivity index (χ1n) is 2.48. The molecular formula is C5H10OS2. The monoisotopic (exact) mass is 150 g/mol. The molecule has 3 heteroatoms. The molecule has 0 fully saturated rings. The zero-order valence-electron chi connectivity index (χ0n) is 5.05. The number of rotatable bonds is 2. The van der Waals surface area contributed by atoms with Crippen LogP contribution in [0.1, 0.15) is 13.8 Å². The molecule has 1 nitrogen and oxygen atoms in total. The minimum atomic E-state index is 0.332. The molecular weight excluding hydrogens is 140 g/mol. The van der Waals surface area contributed by atoms with Crippen LogP contribution < -0.4 is 0 Å². The van der Waals surface area contributed by atoms with Crippen molar-refractivity contribution in [3.63, 3.8) is 0 Å². The van der Waals surface area contributed by atoms with E-state index in [2.05, 4.69) is 38.7 Å². The van der Waals surface area contributed by atoms with Crippen LogP contribution in [0.15, 0.2) is 0 Å². The molecule has 0 aromatic rings. The average Bonchev–Trinajstić information content (AvgIpc) is 1.61. The third-order valence-corrected chi connectivity index (χ3v) is 0.787. The van der Waals surface area contributed by atoms with E-state index in [0.29, 0.717) is 16.9 Å². The van der Waals surface area contributed by atoms with Gasteiger partial charge < -0.3 is 4.74 Å². The maximum atomic E-state index is 4.90. The van der Waals surface area contributed by atoms with Crippen molar-refractivity contribution < 1.29 is 4.74 Å². The smallest absolute Gasteiger partial charge is 0.216 e. The lowest BCUT2D eigenvalue weighted by atomic mass is 10.2. The third kappa shape index (κ3) is 6.24. The Morgan fingerprint density at radius 1 is 1.75 bits per heavy atom. The van der Waals surface area contributed by atoms with E-state index in [1.165, 1.54) is 0 Å². The van der Waals surface area contributed by atoms with Crippen molar-refractivity contribution in [3.05, 3.63) is 0 Å². The van der Waals surface area contributed by atoms with Crippen molar-refractivity contribution >= 4 is 29.2 Å². The summed E-state index contributed by atoms with van der Waals surface area (Å²) in [5, 5.41) is 0. The van der Waals surface area contributed by atoms with Gasteiger partial charge in [0, 0.05) is 0 Å². The summed E-state index contributed by atoms with van der Waals surface area (Å²) in [5.74, 6) is 0.528. The Hall–Kier alpha value is 0.240. The predicted octanol–water partition coefficient (Wildman–Crippen LogP) is 1.87. The summed E-state index contributed by atoms with van der Waals surface area (Å²) in [7, 11) is 0. The van der Waals surface area contributed by atoms with Gasteiger partial charge in [-0.25, -0.2) is 0 Å². The van der Waals surface area contributed by atoms with Crippen molar-refractivity contribution in [3.8, 4) is 0 Å². The molecule has 0 aromatic carbocycles. The molecule has 0 saturated heterocycles. The fourth-order valence-electron chi connectivity index (χ4n) is 0.238. The maximum absolute atomic E-state index is 4.90. The van der Waals surface area contributed by atoms with Crippen LogP contribution >= 0.6 is 24.8 Å². The van der Waals surface area contributed by atoms with E-state index in [-0.39, 0.29) is 0 Å². The first-order chi connectivity index (χ1) is 3.63. The highest BCUT2D eigenvalue weighted by atomic mass is 32.1. The van der Waals surface area contributed by atoms with Crippen LogP contribution in [-0.2, 0) is 4.74 Å². The van der Waals surface area contributed by atoms with E-state index < -0.39 is 0 Å². The van der Waals surface area contributed by atoms with Gasteiger partial charge in [0.2, 0.25) is 4.38 Å². The van der Waals surface area contributed by atoms with Crippen LogP contribution in [0, 0.1) is 5.92 Å². The molecule has 0 radical (unpaired) electrons. The summed E-state index contributed by atoms with van der Waals surface area (Å²) in [5.41, 5.74) is 0. The minimum Gasteiger partial charge on any atom is -0.478 e. The molecule has 0 aliphatic heterocycles. The number of ether oxygens (including phenoxy) is 1. The number of thiol groups is 1.